The molecule has 18 heavy (non-hydrogen) atoms. The van der Waals surface area contributed by atoms with Gasteiger partial charge in [-0.15, -0.1) is 11.3 Å². The molecule has 1 aromatic rings. The molecule has 0 aliphatic rings. The number of hydrogen-bond donors (Lipinski definition) is 1. The quantitative estimate of drug-likeness (QED) is 0.869. The highest BCUT2D eigenvalue weighted by atomic mass is 32.2. The average Bonchev–Trinajstić information content (AvgIpc) is 2.64. The Hall–Kier alpha value is -0.950. The van der Waals surface area contributed by atoms with E-state index in [0.717, 1.165) is 5.69 Å². The summed E-state index contributed by atoms with van der Waals surface area (Å²) < 4.78 is 21.8. The zero-order chi connectivity index (χ0) is 13.8. The van der Waals surface area contributed by atoms with Crippen LogP contribution < -0.4 is 5.32 Å². The van der Waals surface area contributed by atoms with E-state index in [2.05, 4.69) is 10.3 Å². The van der Waals surface area contributed by atoms with Crippen LogP contribution in [0.5, 0.6) is 0 Å². The van der Waals surface area contributed by atoms with Gasteiger partial charge in [-0.3, -0.25) is 4.79 Å². The van der Waals surface area contributed by atoms with Gasteiger partial charge in [0.25, 0.3) is 0 Å². The summed E-state index contributed by atoms with van der Waals surface area (Å²) >= 11 is 1.38. The molecule has 0 bridgehead atoms. The predicted octanol–water partition coefficient (Wildman–Crippen LogP) is 2.03. The topological polar surface area (TPSA) is 76.1 Å². The number of rotatable bonds is 6. The maximum Gasteiger partial charge on any atom is 0.226 e. The van der Waals surface area contributed by atoms with Crippen molar-refractivity contribution in [3.8, 4) is 0 Å². The van der Waals surface area contributed by atoms with Crippen molar-refractivity contribution in [2.75, 3.05) is 17.3 Å². The van der Waals surface area contributed by atoms with Crippen LogP contribution in [0.25, 0.3) is 0 Å². The Bertz CT molecular complexity index is 506. The van der Waals surface area contributed by atoms with Crippen LogP contribution >= 0.6 is 11.3 Å². The van der Waals surface area contributed by atoms with E-state index in [1.165, 1.54) is 17.6 Å². The standard InChI is InChI=1S/C11H18N2O3S2/c1-8(2)9-7-17-11(12-9)13-10(14)5-4-6-18(3,15)16/h7-8H,4-6H2,1-3H3,(H,12,13,14). The lowest BCUT2D eigenvalue weighted by Crippen LogP contribution is -2.13. The summed E-state index contributed by atoms with van der Waals surface area (Å²) in [5, 5.41) is 5.16. The van der Waals surface area contributed by atoms with Crippen molar-refractivity contribution in [2.45, 2.75) is 32.6 Å². The number of aromatic nitrogens is 1. The fourth-order valence-electron chi connectivity index (χ4n) is 1.29. The molecule has 0 saturated carbocycles. The highest BCUT2D eigenvalue weighted by Gasteiger charge is 2.10. The lowest BCUT2D eigenvalue weighted by Gasteiger charge is -2.01. The predicted molar refractivity (Wildman–Crippen MR) is 73.8 cm³/mol. The third kappa shape index (κ3) is 5.59. The first-order valence-electron chi connectivity index (χ1n) is 5.71. The molecule has 0 aliphatic carbocycles. The molecule has 0 atom stereocenters. The van der Waals surface area contributed by atoms with Gasteiger partial charge in [-0.1, -0.05) is 13.8 Å². The van der Waals surface area contributed by atoms with E-state index >= 15 is 0 Å². The van der Waals surface area contributed by atoms with Crippen molar-refractivity contribution >= 4 is 32.2 Å². The lowest BCUT2D eigenvalue weighted by atomic mass is 10.2. The van der Waals surface area contributed by atoms with Crippen molar-refractivity contribution in [2.24, 2.45) is 0 Å². The average molecular weight is 290 g/mol. The molecular weight excluding hydrogens is 272 g/mol. The SMILES string of the molecule is CC(C)c1csc(NC(=O)CCCS(C)(=O)=O)n1. The summed E-state index contributed by atoms with van der Waals surface area (Å²) in [6, 6.07) is 0. The number of sulfone groups is 1. The smallest absolute Gasteiger partial charge is 0.226 e. The summed E-state index contributed by atoms with van der Waals surface area (Å²) in [6.07, 6.45) is 1.71. The van der Waals surface area contributed by atoms with Gasteiger partial charge in [0.1, 0.15) is 9.84 Å². The van der Waals surface area contributed by atoms with Gasteiger partial charge < -0.3 is 5.32 Å². The molecule has 1 N–H and O–H groups in total. The van der Waals surface area contributed by atoms with E-state index in [0.29, 0.717) is 17.5 Å². The maximum atomic E-state index is 11.5. The molecule has 1 aromatic heterocycles. The monoisotopic (exact) mass is 290 g/mol. The number of carbonyl (C=O) groups excluding carboxylic acids is 1. The van der Waals surface area contributed by atoms with Gasteiger partial charge in [0.2, 0.25) is 5.91 Å². The Kier molecular flexibility index (Phi) is 5.28. The van der Waals surface area contributed by atoms with E-state index < -0.39 is 9.84 Å². The molecule has 5 nitrogen and oxygen atoms in total. The molecule has 0 aromatic carbocycles. The normalized spacial score (nSPS) is 11.8. The fraction of sp³-hybridized carbons (Fsp3) is 0.636. The van der Waals surface area contributed by atoms with E-state index in [1.54, 1.807) is 0 Å². The van der Waals surface area contributed by atoms with Crippen LogP contribution in [0.2, 0.25) is 0 Å². The number of anilines is 1. The molecule has 0 saturated heterocycles. The van der Waals surface area contributed by atoms with Gasteiger partial charge in [0.05, 0.1) is 11.4 Å². The van der Waals surface area contributed by atoms with Crippen LogP contribution in [0, 0.1) is 0 Å². The fourth-order valence-corrected chi connectivity index (χ4v) is 2.84. The third-order valence-electron chi connectivity index (χ3n) is 2.28. The molecule has 7 heteroatoms. The third-order valence-corrected chi connectivity index (χ3v) is 4.09. The molecule has 0 radical (unpaired) electrons. The van der Waals surface area contributed by atoms with Gasteiger partial charge >= 0.3 is 0 Å². The Balaban J connectivity index is 2.40. The second-order valence-corrected chi connectivity index (χ2v) is 7.63. The van der Waals surface area contributed by atoms with Gasteiger partial charge in [-0.05, 0) is 12.3 Å². The Labute approximate surface area is 112 Å². The maximum absolute atomic E-state index is 11.5. The number of hydrogen-bond acceptors (Lipinski definition) is 5. The summed E-state index contributed by atoms with van der Waals surface area (Å²) in [5.74, 6) is 0.177. The van der Waals surface area contributed by atoms with E-state index in [1.807, 2.05) is 19.2 Å². The first-order valence-corrected chi connectivity index (χ1v) is 8.65. The van der Waals surface area contributed by atoms with Crippen LogP contribution in [0.15, 0.2) is 5.38 Å². The van der Waals surface area contributed by atoms with Crippen molar-refractivity contribution in [3.63, 3.8) is 0 Å². The molecule has 0 aliphatic heterocycles. The van der Waals surface area contributed by atoms with Crippen LogP contribution in [-0.2, 0) is 14.6 Å². The van der Waals surface area contributed by atoms with Crippen LogP contribution in [-0.4, -0.2) is 31.3 Å². The second kappa shape index (κ2) is 6.29. The first kappa shape index (κ1) is 15.1. The highest BCUT2D eigenvalue weighted by molar-refractivity contribution is 7.90. The van der Waals surface area contributed by atoms with Crippen LogP contribution in [0.4, 0.5) is 5.13 Å². The first-order chi connectivity index (χ1) is 8.28. The number of amides is 1. The Morgan fingerprint density at radius 2 is 2.17 bits per heavy atom. The van der Waals surface area contributed by atoms with E-state index in [4.69, 9.17) is 0 Å². The van der Waals surface area contributed by atoms with E-state index in [-0.39, 0.29) is 18.1 Å². The highest BCUT2D eigenvalue weighted by Crippen LogP contribution is 2.21. The lowest BCUT2D eigenvalue weighted by molar-refractivity contribution is -0.116. The molecule has 0 spiro atoms. The zero-order valence-corrected chi connectivity index (χ0v) is 12.4. The number of carbonyl (C=O) groups is 1. The summed E-state index contributed by atoms with van der Waals surface area (Å²) in [7, 11) is -2.99. The molecule has 0 unspecified atom stereocenters. The number of nitrogens with one attached hydrogen (secondary N) is 1. The van der Waals surface area contributed by atoms with E-state index in [9.17, 15) is 13.2 Å². The largest absolute Gasteiger partial charge is 0.302 e. The number of nitrogens with zero attached hydrogens (tertiary/aromatic N) is 1. The van der Waals surface area contributed by atoms with Gasteiger partial charge in [0.15, 0.2) is 5.13 Å². The summed E-state index contributed by atoms with van der Waals surface area (Å²) in [4.78, 5) is 15.8. The molecule has 1 rings (SSSR count). The molecular formula is C11H18N2O3S2. The van der Waals surface area contributed by atoms with Crippen molar-refractivity contribution < 1.29 is 13.2 Å². The summed E-state index contributed by atoms with van der Waals surface area (Å²) in [6.45, 7) is 4.07. The van der Waals surface area contributed by atoms with Crippen LogP contribution in [0.3, 0.4) is 0 Å². The van der Waals surface area contributed by atoms with Crippen LogP contribution in [0.1, 0.15) is 38.3 Å². The molecule has 0 fully saturated rings. The van der Waals surface area contributed by atoms with Gasteiger partial charge in [0, 0.05) is 18.1 Å². The van der Waals surface area contributed by atoms with Crippen molar-refractivity contribution in [3.05, 3.63) is 11.1 Å². The van der Waals surface area contributed by atoms with Gasteiger partial charge in [-0.25, -0.2) is 13.4 Å². The Morgan fingerprint density at radius 3 is 2.67 bits per heavy atom. The molecule has 1 amide bonds. The molecule has 102 valence electrons. The summed E-state index contributed by atoms with van der Waals surface area (Å²) in [5.41, 5.74) is 0.950. The number of thiazole rings is 1. The molecule has 1 heterocycles. The van der Waals surface area contributed by atoms with Gasteiger partial charge in [-0.2, -0.15) is 0 Å². The minimum absolute atomic E-state index is 0.0372. The second-order valence-electron chi connectivity index (χ2n) is 4.51. The minimum atomic E-state index is -2.99. The van der Waals surface area contributed by atoms with Crippen molar-refractivity contribution in [1.29, 1.82) is 0 Å². The zero-order valence-electron chi connectivity index (χ0n) is 10.8. The minimum Gasteiger partial charge on any atom is -0.302 e. The Morgan fingerprint density at radius 1 is 1.50 bits per heavy atom. The van der Waals surface area contributed by atoms with Crippen molar-refractivity contribution in [1.82, 2.24) is 4.98 Å².